The van der Waals surface area contributed by atoms with E-state index in [4.69, 9.17) is 0 Å². The van der Waals surface area contributed by atoms with E-state index >= 15 is 0 Å². The standard InChI is InChI=1S/C29H32N4/c1-21-18-24(4-2-22-6-10-26(11-7-22)28-30-14-15-31-28)20-25(19-21)5-3-23-8-12-27(13-9-23)29-32-16-17-33-29/h6-13,18-20H,2-5,14-17H2,1H3,(H,30,31)(H,32,33). The van der Waals surface area contributed by atoms with Crippen LogP contribution in [0.2, 0.25) is 0 Å². The summed E-state index contributed by atoms with van der Waals surface area (Å²) in [7, 11) is 0. The molecule has 0 bridgehead atoms. The molecule has 0 saturated carbocycles. The molecule has 168 valence electrons. The van der Waals surface area contributed by atoms with E-state index in [0.717, 1.165) is 63.5 Å². The summed E-state index contributed by atoms with van der Waals surface area (Å²) in [5.41, 5.74) is 9.34. The topological polar surface area (TPSA) is 48.8 Å². The second-order valence-electron chi connectivity index (χ2n) is 9.03. The second kappa shape index (κ2) is 10.0. The van der Waals surface area contributed by atoms with Crippen LogP contribution in [0.15, 0.2) is 76.7 Å². The third-order valence-corrected chi connectivity index (χ3v) is 6.40. The highest BCUT2D eigenvalue weighted by molar-refractivity contribution is 6.00. The van der Waals surface area contributed by atoms with Crippen LogP contribution in [-0.2, 0) is 25.7 Å². The van der Waals surface area contributed by atoms with Crippen LogP contribution in [0, 0.1) is 6.92 Å². The molecule has 4 heteroatoms. The quantitative estimate of drug-likeness (QED) is 0.554. The fraction of sp³-hybridized carbons (Fsp3) is 0.310. The van der Waals surface area contributed by atoms with Gasteiger partial charge in [0.25, 0.3) is 0 Å². The normalized spacial score (nSPS) is 15.1. The molecule has 3 aromatic rings. The third-order valence-electron chi connectivity index (χ3n) is 6.40. The van der Waals surface area contributed by atoms with Gasteiger partial charge in [0, 0.05) is 24.2 Å². The van der Waals surface area contributed by atoms with Crippen molar-refractivity contribution in [3.63, 3.8) is 0 Å². The van der Waals surface area contributed by atoms with Gasteiger partial charge in [-0.25, -0.2) is 0 Å². The Kier molecular flexibility index (Phi) is 6.52. The minimum atomic E-state index is 0.880. The van der Waals surface area contributed by atoms with Gasteiger partial charge in [0.2, 0.25) is 0 Å². The molecule has 5 rings (SSSR count). The molecule has 0 aliphatic carbocycles. The van der Waals surface area contributed by atoms with Gasteiger partial charge >= 0.3 is 0 Å². The van der Waals surface area contributed by atoms with Gasteiger partial charge in [-0.05, 0) is 54.9 Å². The zero-order valence-corrected chi connectivity index (χ0v) is 19.4. The average molecular weight is 437 g/mol. The van der Waals surface area contributed by atoms with E-state index in [1.807, 2.05) is 0 Å². The summed E-state index contributed by atoms with van der Waals surface area (Å²) in [6, 6.07) is 24.8. The van der Waals surface area contributed by atoms with E-state index in [1.165, 1.54) is 38.9 Å². The van der Waals surface area contributed by atoms with Gasteiger partial charge in [-0.3, -0.25) is 9.98 Å². The van der Waals surface area contributed by atoms with Crippen molar-refractivity contribution < 1.29 is 0 Å². The molecule has 2 N–H and O–H groups in total. The highest BCUT2D eigenvalue weighted by atomic mass is 15.1. The number of hydrogen-bond donors (Lipinski definition) is 2. The van der Waals surface area contributed by atoms with E-state index in [0.29, 0.717) is 0 Å². The molecule has 0 fully saturated rings. The molecule has 33 heavy (non-hydrogen) atoms. The van der Waals surface area contributed by atoms with Crippen LogP contribution in [0.5, 0.6) is 0 Å². The molecule has 0 saturated heterocycles. The van der Waals surface area contributed by atoms with Crippen LogP contribution in [0.3, 0.4) is 0 Å². The van der Waals surface area contributed by atoms with Gasteiger partial charge in [-0.2, -0.15) is 0 Å². The number of rotatable bonds is 8. The molecular weight excluding hydrogens is 404 g/mol. The highest BCUT2D eigenvalue weighted by Crippen LogP contribution is 2.17. The average Bonchev–Trinajstić information content (AvgIpc) is 3.57. The molecule has 2 aliphatic heterocycles. The van der Waals surface area contributed by atoms with E-state index in [1.54, 1.807) is 0 Å². The van der Waals surface area contributed by atoms with E-state index in [9.17, 15) is 0 Å². The molecule has 4 nitrogen and oxygen atoms in total. The molecule has 0 amide bonds. The number of aryl methyl sites for hydroxylation is 5. The Morgan fingerprint density at radius 3 is 1.39 bits per heavy atom. The molecule has 0 unspecified atom stereocenters. The summed E-state index contributed by atoms with van der Waals surface area (Å²) in [4.78, 5) is 9.02. The predicted octanol–water partition coefficient (Wildman–Crippen LogP) is 4.27. The Morgan fingerprint density at radius 1 is 0.576 bits per heavy atom. The van der Waals surface area contributed by atoms with Crippen molar-refractivity contribution in [3.8, 4) is 0 Å². The first-order valence-corrected chi connectivity index (χ1v) is 12.1. The molecule has 2 aliphatic rings. The SMILES string of the molecule is Cc1cc(CCc2ccc(C3=NCCN3)cc2)cc(CCc2ccc(C3=NCCN3)cc2)c1. The first-order valence-electron chi connectivity index (χ1n) is 12.1. The highest BCUT2D eigenvalue weighted by Gasteiger charge is 2.09. The number of hydrogen-bond acceptors (Lipinski definition) is 4. The molecule has 2 heterocycles. The fourth-order valence-electron chi connectivity index (χ4n) is 4.66. The number of aliphatic imine (C=N–C) groups is 2. The van der Waals surface area contributed by atoms with Crippen LogP contribution in [0.25, 0.3) is 0 Å². The Bertz CT molecular complexity index is 1070. The largest absolute Gasteiger partial charge is 0.368 e. The molecule has 3 aromatic carbocycles. The van der Waals surface area contributed by atoms with Gasteiger partial charge < -0.3 is 10.6 Å². The minimum absolute atomic E-state index is 0.880. The van der Waals surface area contributed by atoms with E-state index < -0.39 is 0 Å². The molecule has 0 radical (unpaired) electrons. The van der Waals surface area contributed by atoms with Gasteiger partial charge in [-0.1, -0.05) is 72.3 Å². The first-order chi connectivity index (χ1) is 16.2. The van der Waals surface area contributed by atoms with Gasteiger partial charge in [-0.15, -0.1) is 0 Å². The lowest BCUT2D eigenvalue weighted by molar-refractivity contribution is 0.926. The van der Waals surface area contributed by atoms with E-state index in [2.05, 4.69) is 94.3 Å². The lowest BCUT2D eigenvalue weighted by Crippen LogP contribution is -2.19. The summed E-state index contributed by atoms with van der Waals surface area (Å²) < 4.78 is 0. The van der Waals surface area contributed by atoms with Crippen molar-refractivity contribution in [2.45, 2.75) is 32.6 Å². The van der Waals surface area contributed by atoms with Crippen molar-refractivity contribution in [1.82, 2.24) is 10.6 Å². The Balaban J connectivity index is 1.17. The Labute approximate surface area is 196 Å². The maximum Gasteiger partial charge on any atom is 0.128 e. The van der Waals surface area contributed by atoms with Crippen LogP contribution in [0.4, 0.5) is 0 Å². The molecule has 0 spiro atoms. The Morgan fingerprint density at radius 2 is 1.00 bits per heavy atom. The summed E-state index contributed by atoms with van der Waals surface area (Å²) in [5.74, 6) is 2.06. The number of nitrogens with zero attached hydrogens (tertiary/aromatic N) is 2. The van der Waals surface area contributed by atoms with E-state index in [-0.39, 0.29) is 0 Å². The zero-order chi connectivity index (χ0) is 22.5. The van der Waals surface area contributed by atoms with Gasteiger partial charge in [0.05, 0.1) is 13.1 Å². The fourth-order valence-corrected chi connectivity index (χ4v) is 4.66. The van der Waals surface area contributed by atoms with Crippen LogP contribution in [0.1, 0.15) is 38.9 Å². The van der Waals surface area contributed by atoms with Crippen molar-refractivity contribution >= 4 is 11.7 Å². The molecule has 0 aromatic heterocycles. The lowest BCUT2D eigenvalue weighted by atomic mass is 9.96. The maximum atomic E-state index is 4.51. The van der Waals surface area contributed by atoms with Crippen molar-refractivity contribution in [2.24, 2.45) is 9.98 Å². The van der Waals surface area contributed by atoms with Gasteiger partial charge in [0.15, 0.2) is 0 Å². The predicted molar refractivity (Wildman–Crippen MR) is 138 cm³/mol. The van der Waals surface area contributed by atoms with Gasteiger partial charge in [0.1, 0.15) is 11.7 Å². The van der Waals surface area contributed by atoms with Crippen molar-refractivity contribution in [3.05, 3.63) is 106 Å². The smallest absolute Gasteiger partial charge is 0.128 e. The molecule has 0 atom stereocenters. The summed E-state index contributed by atoms with van der Waals surface area (Å²) in [6.07, 6.45) is 4.25. The monoisotopic (exact) mass is 436 g/mol. The zero-order valence-electron chi connectivity index (χ0n) is 19.4. The number of nitrogens with one attached hydrogen (secondary N) is 2. The van der Waals surface area contributed by atoms with Crippen LogP contribution in [-0.4, -0.2) is 37.9 Å². The molecular formula is C29H32N4. The van der Waals surface area contributed by atoms with Crippen molar-refractivity contribution in [2.75, 3.05) is 26.2 Å². The Hall–Kier alpha value is -3.40. The lowest BCUT2D eigenvalue weighted by Gasteiger charge is -2.10. The number of benzene rings is 3. The van der Waals surface area contributed by atoms with Crippen LogP contribution < -0.4 is 10.6 Å². The summed E-state index contributed by atoms with van der Waals surface area (Å²) in [5, 5.41) is 6.69. The minimum Gasteiger partial charge on any atom is -0.368 e. The number of amidine groups is 2. The van der Waals surface area contributed by atoms with Crippen LogP contribution >= 0.6 is 0 Å². The summed E-state index contributed by atoms with van der Waals surface area (Å²) in [6.45, 7) is 5.87. The summed E-state index contributed by atoms with van der Waals surface area (Å²) >= 11 is 0. The third kappa shape index (κ3) is 5.51. The maximum absolute atomic E-state index is 4.51. The second-order valence-corrected chi connectivity index (χ2v) is 9.03. The van der Waals surface area contributed by atoms with Crippen molar-refractivity contribution in [1.29, 1.82) is 0 Å². The first kappa shape index (κ1) is 21.4.